The minimum absolute atomic E-state index is 0. The molecule has 0 saturated heterocycles. The first-order valence-corrected chi connectivity index (χ1v) is 16.2. The van der Waals surface area contributed by atoms with E-state index in [1.165, 1.54) is 79.2 Å². The zero-order valence-corrected chi connectivity index (χ0v) is 30.7. The summed E-state index contributed by atoms with van der Waals surface area (Å²) in [4.78, 5) is 15.7. The number of nitrogens with zero attached hydrogens (tertiary/aromatic N) is 3. The average molecular weight is 679 g/mol. The van der Waals surface area contributed by atoms with Gasteiger partial charge in [-0.05, 0) is 112 Å². The topological polar surface area (TPSA) is 37.6 Å². The van der Waals surface area contributed by atoms with Crippen molar-refractivity contribution in [2.45, 2.75) is 126 Å². The van der Waals surface area contributed by atoms with Gasteiger partial charge in [0.2, 0.25) is 0 Å². The molecule has 0 N–H and O–H groups in total. The number of unbranched alkanes of at least 4 members (excludes halogenated alkanes) is 4. The Hall–Kier alpha value is -1.97. The Labute approximate surface area is 291 Å². The second-order valence-corrected chi connectivity index (χ2v) is 11.6. The summed E-state index contributed by atoms with van der Waals surface area (Å²) in [7, 11) is 0. The molecule has 1 aromatic heterocycles. The van der Waals surface area contributed by atoms with Crippen molar-refractivity contribution in [1.82, 2.24) is 4.98 Å². The number of hydrogen-bond acceptors (Lipinski definition) is 3. The first-order chi connectivity index (χ1) is 19.9. The number of hydrogen-bond donors (Lipinski definition) is 0. The van der Waals surface area contributed by atoms with Crippen LogP contribution in [0.2, 0.25) is 0 Å². The molecule has 0 fully saturated rings. The minimum Gasteiger partial charge on any atom is -1.00 e. The Balaban J connectivity index is 0.00000616. The quantitative estimate of drug-likeness (QED) is 0.155. The number of benzene rings is 2. The Kier molecular flexibility index (Phi) is 21.5. The fourth-order valence-corrected chi connectivity index (χ4v) is 5.34. The van der Waals surface area contributed by atoms with Crippen molar-refractivity contribution in [2.24, 2.45) is 9.98 Å². The first-order valence-electron chi connectivity index (χ1n) is 16.2. The SMILES string of the molecule is CCCCc1cccc(CCCC)c1N=C(C)c1cc(C)cc(C(C)=Nc2c(CCCC)cccc2CCCC)n1.[Cl-].[Cl-].[Fe+2]. The Morgan fingerprint density at radius 3 is 1.14 bits per heavy atom. The van der Waals surface area contributed by atoms with Crippen LogP contribution >= 0.6 is 0 Å². The monoisotopic (exact) mass is 677 g/mol. The van der Waals surface area contributed by atoms with E-state index in [0.717, 1.165) is 59.9 Å². The third-order valence-corrected chi connectivity index (χ3v) is 7.88. The van der Waals surface area contributed by atoms with E-state index in [1.807, 2.05) is 0 Å². The number of pyridine rings is 1. The molecule has 0 aliphatic carbocycles. The van der Waals surface area contributed by atoms with Crippen LogP contribution in [0.1, 0.15) is 132 Å². The van der Waals surface area contributed by atoms with Crippen molar-refractivity contribution in [3.8, 4) is 0 Å². The number of rotatable bonds is 16. The molecule has 0 radical (unpaired) electrons. The molecule has 1 heterocycles. The van der Waals surface area contributed by atoms with E-state index in [-0.39, 0.29) is 41.9 Å². The number of aryl methyl sites for hydroxylation is 5. The predicted molar refractivity (Wildman–Crippen MR) is 180 cm³/mol. The molecule has 0 saturated carbocycles. The van der Waals surface area contributed by atoms with Crippen molar-refractivity contribution < 1.29 is 41.9 Å². The van der Waals surface area contributed by atoms with Gasteiger partial charge in [-0.3, -0.25) is 9.98 Å². The molecule has 0 bridgehead atoms. The van der Waals surface area contributed by atoms with Gasteiger partial charge in [0.15, 0.2) is 0 Å². The molecule has 0 atom stereocenters. The smallest absolute Gasteiger partial charge is 1.00 e. The van der Waals surface area contributed by atoms with Crippen LogP contribution in [0.15, 0.2) is 58.5 Å². The zero-order valence-electron chi connectivity index (χ0n) is 28.1. The molecule has 3 rings (SSSR count). The summed E-state index contributed by atoms with van der Waals surface area (Å²) >= 11 is 0. The van der Waals surface area contributed by atoms with E-state index in [9.17, 15) is 0 Å². The van der Waals surface area contributed by atoms with Gasteiger partial charge in [-0.2, -0.15) is 0 Å². The van der Waals surface area contributed by atoms with Crippen LogP contribution in [0.3, 0.4) is 0 Å². The molecule has 0 spiro atoms. The number of aliphatic imine (C=N–C) groups is 2. The molecule has 0 amide bonds. The van der Waals surface area contributed by atoms with Gasteiger partial charge in [-0.1, -0.05) is 89.8 Å². The number of para-hydroxylation sites is 2. The third-order valence-electron chi connectivity index (χ3n) is 7.88. The van der Waals surface area contributed by atoms with Gasteiger partial charge >= 0.3 is 17.1 Å². The van der Waals surface area contributed by atoms with Gasteiger partial charge in [0.1, 0.15) is 0 Å². The molecule has 6 heteroatoms. The van der Waals surface area contributed by atoms with Gasteiger partial charge in [0.25, 0.3) is 0 Å². The molecular weight excluding hydrogens is 625 g/mol. The van der Waals surface area contributed by atoms with Gasteiger partial charge < -0.3 is 24.8 Å². The Morgan fingerprint density at radius 1 is 0.568 bits per heavy atom. The van der Waals surface area contributed by atoms with Gasteiger partial charge in [-0.15, -0.1) is 0 Å². The van der Waals surface area contributed by atoms with Crippen LogP contribution in [0.5, 0.6) is 0 Å². The maximum Gasteiger partial charge on any atom is 2.00 e. The van der Waals surface area contributed by atoms with Gasteiger partial charge in [0.05, 0.1) is 34.2 Å². The normalized spacial score (nSPS) is 11.4. The molecule has 2 aromatic carbocycles. The van der Waals surface area contributed by atoms with Crippen LogP contribution < -0.4 is 24.8 Å². The maximum atomic E-state index is 5.27. The summed E-state index contributed by atoms with van der Waals surface area (Å²) in [5.74, 6) is 0. The van der Waals surface area contributed by atoms with Crippen molar-refractivity contribution in [2.75, 3.05) is 0 Å². The van der Waals surface area contributed by atoms with Crippen molar-refractivity contribution in [3.05, 3.63) is 87.7 Å². The molecule has 0 unspecified atom stereocenters. The molecule has 0 aliphatic heterocycles. The number of halogens is 2. The summed E-state index contributed by atoms with van der Waals surface area (Å²) < 4.78 is 0. The van der Waals surface area contributed by atoms with Crippen molar-refractivity contribution >= 4 is 22.8 Å². The Bertz CT molecular complexity index is 1180. The summed E-state index contributed by atoms with van der Waals surface area (Å²) in [5, 5.41) is 0. The molecule has 0 aliphatic rings. The predicted octanol–water partition coefficient (Wildman–Crippen LogP) is 5.05. The fraction of sp³-hybridized carbons (Fsp3) is 0.500. The van der Waals surface area contributed by atoms with Crippen molar-refractivity contribution in [1.29, 1.82) is 0 Å². The van der Waals surface area contributed by atoms with E-state index < -0.39 is 0 Å². The van der Waals surface area contributed by atoms with E-state index in [1.54, 1.807) is 0 Å². The van der Waals surface area contributed by atoms with Crippen LogP contribution in [0.25, 0.3) is 0 Å². The summed E-state index contributed by atoms with van der Waals surface area (Å²) in [5.41, 5.74) is 12.7. The largest absolute Gasteiger partial charge is 2.00 e. The minimum atomic E-state index is 0. The van der Waals surface area contributed by atoms with Crippen LogP contribution in [0.4, 0.5) is 11.4 Å². The van der Waals surface area contributed by atoms with Crippen LogP contribution in [-0.2, 0) is 42.8 Å². The summed E-state index contributed by atoms with van der Waals surface area (Å²) in [6, 6.07) is 17.8. The Morgan fingerprint density at radius 2 is 0.864 bits per heavy atom. The maximum absolute atomic E-state index is 5.27. The van der Waals surface area contributed by atoms with Crippen LogP contribution in [-0.4, -0.2) is 16.4 Å². The van der Waals surface area contributed by atoms with Gasteiger partial charge in [-0.25, -0.2) is 4.98 Å². The third kappa shape index (κ3) is 12.4. The molecule has 3 nitrogen and oxygen atoms in total. The molecule has 242 valence electrons. The van der Waals surface area contributed by atoms with Crippen LogP contribution in [0, 0.1) is 6.92 Å². The second kappa shape index (κ2) is 22.5. The molecular formula is C38H53Cl2FeN3. The standard InChI is InChI=1S/C38H53N3.2ClH.Fe/c1-8-12-18-31-22-16-23-32(19-13-9-2)37(31)39-29(6)35-26-28(5)27-36(41-35)30(7)40-38-33(20-14-10-3)24-17-25-34(38)21-15-11-4;;;/h16-17,22-27H,8-15,18-21H2,1-7H3;2*1H;/q;;;+2/p-2. The first kappa shape index (κ1) is 42.0. The average Bonchev–Trinajstić information content (AvgIpc) is 2.98. The molecule has 3 aromatic rings. The zero-order chi connectivity index (χ0) is 29.6. The number of aromatic nitrogens is 1. The van der Waals surface area contributed by atoms with E-state index in [4.69, 9.17) is 15.0 Å². The second-order valence-electron chi connectivity index (χ2n) is 11.6. The van der Waals surface area contributed by atoms with Gasteiger partial charge in [0, 0.05) is 0 Å². The van der Waals surface area contributed by atoms with E-state index >= 15 is 0 Å². The van der Waals surface area contributed by atoms with E-state index in [2.05, 4.69) is 97.0 Å². The molecule has 44 heavy (non-hydrogen) atoms. The van der Waals surface area contributed by atoms with E-state index in [0.29, 0.717) is 0 Å². The summed E-state index contributed by atoms with van der Waals surface area (Å²) in [6.45, 7) is 15.4. The fourth-order valence-electron chi connectivity index (χ4n) is 5.34. The van der Waals surface area contributed by atoms with Crippen molar-refractivity contribution in [3.63, 3.8) is 0 Å². The summed E-state index contributed by atoms with van der Waals surface area (Å²) in [6.07, 6.45) is 13.7.